The molecule has 1 fully saturated rings. The summed E-state index contributed by atoms with van der Waals surface area (Å²) in [6.45, 7) is 3.88. The molecule has 2 aromatic carbocycles. The molecule has 0 spiro atoms. The Morgan fingerprint density at radius 2 is 1.77 bits per heavy atom. The van der Waals surface area contributed by atoms with Crippen molar-refractivity contribution < 1.29 is 17.6 Å². The average molecular weight is 454 g/mol. The fourth-order valence-electron chi connectivity index (χ4n) is 3.70. The van der Waals surface area contributed by atoms with Crippen molar-refractivity contribution in [3.05, 3.63) is 59.4 Å². The summed E-state index contributed by atoms with van der Waals surface area (Å²) >= 11 is 6.05. The van der Waals surface area contributed by atoms with Gasteiger partial charge in [-0.05, 0) is 48.9 Å². The number of sulfonamides is 1. The molecule has 9 heteroatoms. The highest BCUT2D eigenvalue weighted by molar-refractivity contribution is 7.92. The number of piperazine rings is 1. The Kier molecular flexibility index (Phi) is 6.88. The van der Waals surface area contributed by atoms with Crippen molar-refractivity contribution in [2.75, 3.05) is 41.6 Å². The molecule has 1 aliphatic rings. The molecule has 1 amide bonds. The summed E-state index contributed by atoms with van der Waals surface area (Å²) in [5.41, 5.74) is 1.27. The number of hydrogen-bond donors (Lipinski definition) is 0. The van der Waals surface area contributed by atoms with Crippen molar-refractivity contribution in [2.45, 2.75) is 19.4 Å². The first kappa shape index (κ1) is 22.4. The number of carbonyl (C=O) groups is 1. The molecule has 1 saturated heterocycles. The van der Waals surface area contributed by atoms with Gasteiger partial charge in [-0.3, -0.25) is 9.10 Å². The van der Waals surface area contributed by atoms with E-state index in [4.69, 9.17) is 11.6 Å². The Labute approximate surface area is 181 Å². The standard InChI is InChI=1S/C21H25ClFN3O3S/c1-3-20(26(30(2,28)29)19-6-4-5-16(22)15-19)21(27)25-13-11-24(12-14-25)18-9-7-17(23)8-10-18/h4-10,15,20H,3,11-14H2,1-2H3. The first-order valence-electron chi connectivity index (χ1n) is 9.75. The third-order valence-corrected chi connectivity index (χ3v) is 6.57. The molecule has 2 aromatic rings. The van der Waals surface area contributed by atoms with Crippen LogP contribution in [0.15, 0.2) is 48.5 Å². The molecule has 0 bridgehead atoms. The molecular formula is C21H25ClFN3O3S. The number of rotatable bonds is 6. The number of hydrogen-bond acceptors (Lipinski definition) is 4. The van der Waals surface area contributed by atoms with Crippen LogP contribution in [0.1, 0.15) is 13.3 Å². The lowest BCUT2D eigenvalue weighted by atomic mass is 10.1. The summed E-state index contributed by atoms with van der Waals surface area (Å²) in [7, 11) is -3.71. The maximum absolute atomic E-state index is 13.3. The highest BCUT2D eigenvalue weighted by Gasteiger charge is 2.35. The van der Waals surface area contributed by atoms with Gasteiger partial charge in [-0.15, -0.1) is 0 Å². The highest BCUT2D eigenvalue weighted by Crippen LogP contribution is 2.27. The van der Waals surface area contributed by atoms with Crippen LogP contribution in [0.5, 0.6) is 0 Å². The van der Waals surface area contributed by atoms with Gasteiger partial charge in [0, 0.05) is 36.9 Å². The van der Waals surface area contributed by atoms with E-state index in [0.717, 1.165) is 16.2 Å². The van der Waals surface area contributed by atoms with Gasteiger partial charge < -0.3 is 9.80 Å². The van der Waals surface area contributed by atoms with E-state index < -0.39 is 16.1 Å². The normalized spacial score (nSPS) is 15.7. The van der Waals surface area contributed by atoms with Crippen LogP contribution in [0.2, 0.25) is 5.02 Å². The van der Waals surface area contributed by atoms with E-state index in [1.807, 2.05) is 0 Å². The largest absolute Gasteiger partial charge is 0.368 e. The Morgan fingerprint density at radius 1 is 1.13 bits per heavy atom. The molecule has 0 radical (unpaired) electrons. The van der Waals surface area contributed by atoms with Crippen molar-refractivity contribution in [3.8, 4) is 0 Å². The summed E-state index contributed by atoms with van der Waals surface area (Å²) in [6, 6.07) is 11.9. The van der Waals surface area contributed by atoms with E-state index in [1.54, 1.807) is 48.2 Å². The summed E-state index contributed by atoms with van der Waals surface area (Å²) in [5.74, 6) is -0.526. The summed E-state index contributed by atoms with van der Waals surface area (Å²) in [4.78, 5) is 17.1. The van der Waals surface area contributed by atoms with E-state index in [-0.39, 0.29) is 11.7 Å². The van der Waals surface area contributed by atoms with Crippen LogP contribution in [0.3, 0.4) is 0 Å². The molecule has 6 nitrogen and oxygen atoms in total. The highest BCUT2D eigenvalue weighted by atomic mass is 35.5. The van der Waals surface area contributed by atoms with Crippen LogP contribution >= 0.6 is 11.6 Å². The summed E-state index contributed by atoms with van der Waals surface area (Å²) in [6.07, 6.45) is 1.42. The number of amides is 1. The zero-order chi connectivity index (χ0) is 21.9. The predicted octanol–water partition coefficient (Wildman–Crippen LogP) is 3.37. The van der Waals surface area contributed by atoms with Crippen molar-refractivity contribution in [1.82, 2.24) is 4.90 Å². The lowest BCUT2D eigenvalue weighted by Gasteiger charge is -2.39. The zero-order valence-corrected chi connectivity index (χ0v) is 18.5. The van der Waals surface area contributed by atoms with Crippen LogP contribution in [-0.2, 0) is 14.8 Å². The third kappa shape index (κ3) is 5.05. The minimum Gasteiger partial charge on any atom is -0.368 e. The number of nitrogens with zero attached hydrogens (tertiary/aromatic N) is 3. The number of halogens is 2. The predicted molar refractivity (Wildman–Crippen MR) is 118 cm³/mol. The van der Waals surface area contributed by atoms with Gasteiger partial charge in [-0.1, -0.05) is 24.6 Å². The Balaban J connectivity index is 1.77. The van der Waals surface area contributed by atoms with Crippen LogP contribution < -0.4 is 9.21 Å². The topological polar surface area (TPSA) is 60.9 Å². The molecule has 1 unspecified atom stereocenters. The summed E-state index contributed by atoms with van der Waals surface area (Å²) < 4.78 is 39.5. The fourth-order valence-corrected chi connectivity index (χ4v) is 5.09. The van der Waals surface area contributed by atoms with Crippen LogP contribution in [0.4, 0.5) is 15.8 Å². The minimum absolute atomic E-state index is 0.235. The number of benzene rings is 2. The minimum atomic E-state index is -3.71. The molecule has 1 aliphatic heterocycles. The van der Waals surface area contributed by atoms with Crippen LogP contribution in [-0.4, -0.2) is 57.7 Å². The van der Waals surface area contributed by atoms with Crippen LogP contribution in [0, 0.1) is 5.82 Å². The van der Waals surface area contributed by atoms with E-state index >= 15 is 0 Å². The quantitative estimate of drug-likeness (QED) is 0.672. The average Bonchev–Trinajstić information content (AvgIpc) is 2.71. The van der Waals surface area contributed by atoms with Gasteiger partial charge in [0.2, 0.25) is 15.9 Å². The van der Waals surface area contributed by atoms with Gasteiger partial charge in [0.05, 0.1) is 11.9 Å². The Bertz CT molecular complexity index is 993. The van der Waals surface area contributed by atoms with Crippen molar-refractivity contribution in [2.24, 2.45) is 0 Å². The molecule has 1 heterocycles. The van der Waals surface area contributed by atoms with E-state index in [2.05, 4.69) is 4.90 Å². The fraction of sp³-hybridized carbons (Fsp3) is 0.381. The monoisotopic (exact) mass is 453 g/mol. The molecule has 3 rings (SSSR count). The molecule has 0 N–H and O–H groups in total. The second-order valence-electron chi connectivity index (χ2n) is 7.25. The van der Waals surface area contributed by atoms with Gasteiger partial charge in [0.1, 0.15) is 11.9 Å². The summed E-state index contributed by atoms with van der Waals surface area (Å²) in [5, 5.41) is 0.399. The molecular weight excluding hydrogens is 429 g/mol. The molecule has 0 aliphatic carbocycles. The number of anilines is 2. The second kappa shape index (κ2) is 9.22. The van der Waals surface area contributed by atoms with Gasteiger partial charge in [-0.25, -0.2) is 12.8 Å². The van der Waals surface area contributed by atoms with Crippen molar-refractivity contribution in [3.63, 3.8) is 0 Å². The maximum Gasteiger partial charge on any atom is 0.246 e. The van der Waals surface area contributed by atoms with Gasteiger partial charge in [0.15, 0.2) is 0 Å². The third-order valence-electron chi connectivity index (χ3n) is 5.16. The SMILES string of the molecule is CCC(C(=O)N1CCN(c2ccc(F)cc2)CC1)N(c1cccc(Cl)c1)S(C)(=O)=O. The first-order chi connectivity index (χ1) is 14.2. The van der Waals surface area contributed by atoms with E-state index in [1.165, 1.54) is 12.1 Å². The van der Waals surface area contributed by atoms with Gasteiger partial charge in [-0.2, -0.15) is 0 Å². The molecule has 30 heavy (non-hydrogen) atoms. The molecule has 0 saturated carbocycles. The van der Waals surface area contributed by atoms with Crippen molar-refractivity contribution >= 4 is 38.9 Å². The molecule has 162 valence electrons. The Morgan fingerprint density at radius 3 is 2.30 bits per heavy atom. The Hall–Kier alpha value is -2.32. The number of carbonyl (C=O) groups excluding carboxylic acids is 1. The maximum atomic E-state index is 13.3. The van der Waals surface area contributed by atoms with Gasteiger partial charge in [0.25, 0.3) is 0 Å². The van der Waals surface area contributed by atoms with E-state index in [0.29, 0.717) is 43.3 Å². The van der Waals surface area contributed by atoms with Gasteiger partial charge >= 0.3 is 0 Å². The smallest absolute Gasteiger partial charge is 0.246 e. The second-order valence-corrected chi connectivity index (χ2v) is 9.55. The van der Waals surface area contributed by atoms with Crippen LogP contribution in [0.25, 0.3) is 0 Å². The molecule has 1 atom stereocenters. The van der Waals surface area contributed by atoms with E-state index in [9.17, 15) is 17.6 Å². The molecule has 0 aromatic heterocycles. The first-order valence-corrected chi connectivity index (χ1v) is 12.0. The zero-order valence-electron chi connectivity index (χ0n) is 17.0. The lowest BCUT2D eigenvalue weighted by molar-refractivity contribution is -0.132. The van der Waals surface area contributed by atoms with Crippen molar-refractivity contribution in [1.29, 1.82) is 0 Å². The lowest BCUT2D eigenvalue weighted by Crippen LogP contribution is -2.56.